The maximum absolute atomic E-state index is 10.1. The third kappa shape index (κ3) is 4.23. The number of hydrogen-bond donors (Lipinski definition) is 2. The van der Waals surface area contributed by atoms with E-state index in [-0.39, 0.29) is 0 Å². The second-order valence-corrected chi connectivity index (χ2v) is 7.04. The molecule has 0 aromatic heterocycles. The number of aromatic hydroxyl groups is 1. The van der Waals surface area contributed by atoms with Crippen molar-refractivity contribution in [3.8, 4) is 17.2 Å². The van der Waals surface area contributed by atoms with Crippen molar-refractivity contribution in [3.05, 3.63) is 49.9 Å². The summed E-state index contributed by atoms with van der Waals surface area (Å²) in [6, 6.07) is 7.69. The molecule has 0 unspecified atom stereocenters. The Kier molecular flexibility index (Phi) is 6.95. The molecular formula is C18H21Br2NO3. The van der Waals surface area contributed by atoms with Crippen LogP contribution in [0.4, 0.5) is 0 Å². The van der Waals surface area contributed by atoms with Crippen molar-refractivity contribution in [1.29, 1.82) is 0 Å². The maximum Gasteiger partial charge on any atom is 0.141 e. The van der Waals surface area contributed by atoms with Crippen molar-refractivity contribution in [2.45, 2.75) is 19.9 Å². The number of para-hydroxylation sites is 1. The number of nitrogens with one attached hydrogen (secondary N) is 1. The molecule has 0 aliphatic heterocycles. The van der Waals surface area contributed by atoms with E-state index < -0.39 is 0 Å². The van der Waals surface area contributed by atoms with E-state index in [4.69, 9.17) is 9.47 Å². The van der Waals surface area contributed by atoms with Crippen LogP contribution >= 0.6 is 31.9 Å². The van der Waals surface area contributed by atoms with Crippen LogP contribution in [-0.2, 0) is 13.0 Å². The minimum absolute atomic E-state index is 0.353. The standard InChI is InChI=1S/C18H21Br2NO3/c1-11-5-4-6-12(17(11)22)10-21-8-7-13-15(23-2)9-14(19)16(20)18(13)24-3/h4-6,9,21-22H,7-8,10H2,1-3H3. The second-order valence-electron chi connectivity index (χ2n) is 5.40. The first-order valence-corrected chi connectivity index (χ1v) is 9.15. The molecule has 0 aliphatic rings. The number of ether oxygens (including phenoxy) is 2. The lowest BCUT2D eigenvalue weighted by Crippen LogP contribution is -2.17. The number of rotatable bonds is 7. The number of hydrogen-bond acceptors (Lipinski definition) is 4. The highest BCUT2D eigenvalue weighted by Gasteiger charge is 2.16. The highest BCUT2D eigenvalue weighted by atomic mass is 79.9. The zero-order valence-corrected chi connectivity index (χ0v) is 17.1. The van der Waals surface area contributed by atoms with Crippen molar-refractivity contribution in [2.24, 2.45) is 0 Å². The number of methoxy groups -OCH3 is 2. The summed E-state index contributed by atoms with van der Waals surface area (Å²) in [7, 11) is 3.30. The van der Waals surface area contributed by atoms with E-state index in [1.807, 2.05) is 31.2 Å². The van der Waals surface area contributed by atoms with Crippen molar-refractivity contribution < 1.29 is 14.6 Å². The summed E-state index contributed by atoms with van der Waals surface area (Å²) in [4.78, 5) is 0. The topological polar surface area (TPSA) is 50.7 Å². The SMILES string of the molecule is COc1cc(Br)c(Br)c(OC)c1CCNCc1cccc(C)c1O. The van der Waals surface area contributed by atoms with Gasteiger partial charge in [0.25, 0.3) is 0 Å². The van der Waals surface area contributed by atoms with E-state index >= 15 is 0 Å². The van der Waals surface area contributed by atoms with Crippen LogP contribution in [0.5, 0.6) is 17.2 Å². The van der Waals surface area contributed by atoms with Crippen molar-refractivity contribution >= 4 is 31.9 Å². The van der Waals surface area contributed by atoms with Gasteiger partial charge in [-0.05, 0) is 63.4 Å². The summed E-state index contributed by atoms with van der Waals surface area (Å²) in [6.07, 6.45) is 0.741. The molecule has 2 aromatic carbocycles. The molecule has 0 saturated heterocycles. The van der Waals surface area contributed by atoms with Gasteiger partial charge < -0.3 is 19.9 Å². The van der Waals surface area contributed by atoms with E-state index in [0.29, 0.717) is 12.3 Å². The Morgan fingerprint density at radius 1 is 1.17 bits per heavy atom. The van der Waals surface area contributed by atoms with E-state index in [1.54, 1.807) is 14.2 Å². The van der Waals surface area contributed by atoms with Crippen LogP contribution in [0.3, 0.4) is 0 Å². The molecule has 0 amide bonds. The lowest BCUT2D eigenvalue weighted by molar-refractivity contribution is 0.382. The predicted molar refractivity (Wildman–Crippen MR) is 103 cm³/mol. The lowest BCUT2D eigenvalue weighted by Gasteiger charge is -2.16. The number of aryl methyl sites for hydroxylation is 1. The van der Waals surface area contributed by atoms with Crippen molar-refractivity contribution in [2.75, 3.05) is 20.8 Å². The Morgan fingerprint density at radius 2 is 1.92 bits per heavy atom. The van der Waals surface area contributed by atoms with Gasteiger partial charge in [-0.15, -0.1) is 0 Å². The summed E-state index contributed by atoms with van der Waals surface area (Å²) in [6.45, 7) is 3.23. The van der Waals surface area contributed by atoms with Crippen molar-refractivity contribution in [3.63, 3.8) is 0 Å². The Hall–Kier alpha value is -1.24. The van der Waals surface area contributed by atoms with Crippen LogP contribution in [-0.4, -0.2) is 25.9 Å². The third-order valence-corrected chi connectivity index (χ3v) is 5.80. The molecule has 2 aromatic rings. The Labute approximate surface area is 159 Å². The van der Waals surface area contributed by atoms with Gasteiger partial charge in [0.05, 0.1) is 18.7 Å². The highest BCUT2D eigenvalue weighted by molar-refractivity contribution is 9.13. The molecule has 0 heterocycles. The molecule has 0 spiro atoms. The van der Waals surface area contributed by atoms with E-state index in [9.17, 15) is 5.11 Å². The molecule has 130 valence electrons. The van der Waals surface area contributed by atoms with Crippen LogP contribution in [0, 0.1) is 6.92 Å². The molecule has 0 fully saturated rings. The highest BCUT2D eigenvalue weighted by Crippen LogP contribution is 2.41. The van der Waals surface area contributed by atoms with Crippen LogP contribution in [0.15, 0.2) is 33.2 Å². The van der Waals surface area contributed by atoms with E-state index in [0.717, 1.165) is 50.1 Å². The predicted octanol–water partition coefficient (Wildman–Crippen LogP) is 4.58. The number of phenols is 1. The van der Waals surface area contributed by atoms with E-state index in [2.05, 4.69) is 37.2 Å². The Balaban J connectivity index is 2.07. The van der Waals surface area contributed by atoms with Gasteiger partial charge in [0.1, 0.15) is 17.2 Å². The Bertz CT molecular complexity index is 720. The maximum atomic E-state index is 10.1. The zero-order chi connectivity index (χ0) is 17.7. The molecule has 0 bridgehead atoms. The largest absolute Gasteiger partial charge is 0.507 e. The fraction of sp³-hybridized carbons (Fsp3) is 0.333. The smallest absolute Gasteiger partial charge is 0.141 e. The molecule has 4 nitrogen and oxygen atoms in total. The molecule has 6 heteroatoms. The minimum atomic E-state index is 0.353. The fourth-order valence-electron chi connectivity index (χ4n) is 2.55. The average Bonchev–Trinajstić information content (AvgIpc) is 2.58. The third-order valence-electron chi connectivity index (χ3n) is 3.85. The molecule has 0 radical (unpaired) electrons. The summed E-state index contributed by atoms with van der Waals surface area (Å²) >= 11 is 7.03. The number of phenolic OH excluding ortho intramolecular Hbond substituents is 1. The summed E-state index contributed by atoms with van der Waals surface area (Å²) in [5, 5.41) is 13.4. The van der Waals surface area contributed by atoms with Crippen LogP contribution in [0.2, 0.25) is 0 Å². The summed E-state index contributed by atoms with van der Waals surface area (Å²) in [5.41, 5.74) is 2.77. The van der Waals surface area contributed by atoms with Gasteiger partial charge in [-0.2, -0.15) is 0 Å². The van der Waals surface area contributed by atoms with Gasteiger partial charge in [0, 0.05) is 22.1 Å². The normalized spacial score (nSPS) is 10.7. The van der Waals surface area contributed by atoms with Crippen LogP contribution in [0.25, 0.3) is 0 Å². The van der Waals surface area contributed by atoms with Gasteiger partial charge in [-0.25, -0.2) is 0 Å². The first kappa shape index (κ1) is 19.1. The van der Waals surface area contributed by atoms with Gasteiger partial charge in [-0.1, -0.05) is 18.2 Å². The van der Waals surface area contributed by atoms with Crippen LogP contribution < -0.4 is 14.8 Å². The van der Waals surface area contributed by atoms with E-state index in [1.165, 1.54) is 0 Å². The molecule has 2 N–H and O–H groups in total. The zero-order valence-electron chi connectivity index (χ0n) is 14.0. The molecule has 24 heavy (non-hydrogen) atoms. The fourth-order valence-corrected chi connectivity index (χ4v) is 3.45. The summed E-state index contributed by atoms with van der Waals surface area (Å²) < 4.78 is 12.8. The van der Waals surface area contributed by atoms with Crippen LogP contribution in [0.1, 0.15) is 16.7 Å². The molecule has 0 saturated carbocycles. The van der Waals surface area contributed by atoms with Crippen molar-refractivity contribution in [1.82, 2.24) is 5.32 Å². The quantitative estimate of drug-likeness (QED) is 0.596. The molecule has 0 aliphatic carbocycles. The van der Waals surface area contributed by atoms with Gasteiger partial charge in [0.15, 0.2) is 0 Å². The molecule has 2 rings (SSSR count). The van der Waals surface area contributed by atoms with Gasteiger partial charge >= 0.3 is 0 Å². The van der Waals surface area contributed by atoms with Gasteiger partial charge in [0.2, 0.25) is 0 Å². The summed E-state index contributed by atoms with van der Waals surface area (Å²) in [5.74, 6) is 1.90. The number of benzene rings is 2. The molecular weight excluding hydrogens is 438 g/mol. The monoisotopic (exact) mass is 457 g/mol. The first-order valence-electron chi connectivity index (χ1n) is 7.56. The lowest BCUT2D eigenvalue weighted by atomic mass is 10.1. The van der Waals surface area contributed by atoms with Gasteiger partial charge in [-0.3, -0.25) is 0 Å². The molecule has 0 atom stereocenters. The average molecular weight is 459 g/mol. The Morgan fingerprint density at radius 3 is 2.58 bits per heavy atom. The second kappa shape index (κ2) is 8.74. The minimum Gasteiger partial charge on any atom is -0.507 e. The number of halogens is 2. The first-order chi connectivity index (χ1) is 11.5.